The first-order valence-corrected chi connectivity index (χ1v) is 13.8. The fourth-order valence-corrected chi connectivity index (χ4v) is 5.44. The van der Waals surface area contributed by atoms with Crippen LogP contribution in [0, 0.1) is 0 Å². The van der Waals surface area contributed by atoms with E-state index < -0.39 is 34.8 Å². The van der Waals surface area contributed by atoms with Crippen LogP contribution < -0.4 is 14.8 Å². The zero-order chi connectivity index (χ0) is 31.1. The molecule has 1 atom stereocenters. The van der Waals surface area contributed by atoms with E-state index in [9.17, 15) is 27.6 Å². The Bertz CT molecular complexity index is 1530. The minimum Gasteiger partial charge on any atom is -0.493 e. The number of carbonyl (C=O) groups is 3. The number of halogens is 3. The molecular weight excluding hydrogens is 587 g/mol. The highest BCUT2D eigenvalue weighted by molar-refractivity contribution is 8.15. The van der Waals surface area contributed by atoms with Crippen molar-refractivity contribution >= 4 is 46.1 Å². The van der Waals surface area contributed by atoms with Crippen molar-refractivity contribution in [3.05, 3.63) is 83.4 Å². The molecule has 43 heavy (non-hydrogen) atoms. The fraction of sp³-hybridized carbons (Fsp3) is 0.267. The third kappa shape index (κ3) is 7.86. The number of aliphatic imine (C=N–C) groups is 1. The van der Waals surface area contributed by atoms with Crippen molar-refractivity contribution in [3.63, 3.8) is 0 Å². The molecule has 226 valence electrons. The van der Waals surface area contributed by atoms with Crippen LogP contribution in [-0.2, 0) is 26.9 Å². The lowest BCUT2D eigenvalue weighted by atomic mass is 10.1. The number of hydrogen-bond donors (Lipinski definition) is 1. The minimum atomic E-state index is -4.56. The van der Waals surface area contributed by atoms with Gasteiger partial charge < -0.3 is 19.5 Å². The summed E-state index contributed by atoms with van der Waals surface area (Å²) in [4.78, 5) is 43.7. The number of methoxy groups -OCH3 is 3. The molecule has 1 aliphatic heterocycles. The molecule has 3 aromatic rings. The van der Waals surface area contributed by atoms with E-state index in [0.717, 1.165) is 29.5 Å². The van der Waals surface area contributed by atoms with Gasteiger partial charge in [0.05, 0.1) is 38.1 Å². The molecule has 0 bridgehead atoms. The van der Waals surface area contributed by atoms with Crippen LogP contribution in [0.3, 0.4) is 0 Å². The Labute approximate surface area is 250 Å². The molecule has 1 aliphatic rings. The summed E-state index contributed by atoms with van der Waals surface area (Å²) in [5, 5.41) is 2.02. The van der Waals surface area contributed by atoms with Crippen molar-refractivity contribution in [2.45, 2.75) is 24.3 Å². The second-order valence-electron chi connectivity index (χ2n) is 9.30. The molecule has 4 rings (SSSR count). The van der Waals surface area contributed by atoms with Crippen molar-refractivity contribution in [2.75, 3.05) is 33.2 Å². The highest BCUT2D eigenvalue weighted by Gasteiger charge is 2.39. The molecule has 2 amide bonds. The van der Waals surface area contributed by atoms with Crippen molar-refractivity contribution < 1.29 is 41.8 Å². The first kappa shape index (κ1) is 31.4. The van der Waals surface area contributed by atoms with Gasteiger partial charge in [0.15, 0.2) is 16.7 Å². The number of benzene rings is 3. The molecule has 0 unspecified atom stereocenters. The Morgan fingerprint density at radius 3 is 2.35 bits per heavy atom. The maximum Gasteiger partial charge on any atom is 0.416 e. The van der Waals surface area contributed by atoms with Crippen molar-refractivity contribution in [1.82, 2.24) is 4.90 Å². The number of nitrogens with one attached hydrogen (secondary N) is 1. The van der Waals surface area contributed by atoms with E-state index >= 15 is 0 Å². The molecule has 0 spiro atoms. The van der Waals surface area contributed by atoms with E-state index in [2.05, 4.69) is 15.0 Å². The normalized spacial score (nSPS) is 15.9. The zero-order valence-electron chi connectivity index (χ0n) is 23.4. The Hall–Kier alpha value is -4.52. The molecule has 0 saturated carbocycles. The summed E-state index contributed by atoms with van der Waals surface area (Å²) in [7, 11) is 4.28. The lowest BCUT2D eigenvalue weighted by Gasteiger charge is -2.17. The predicted molar refractivity (Wildman–Crippen MR) is 156 cm³/mol. The third-order valence-corrected chi connectivity index (χ3v) is 7.63. The number of carbonyl (C=O) groups excluding carboxylic acids is 3. The number of amidine groups is 1. The lowest BCUT2D eigenvalue weighted by Crippen LogP contribution is -2.35. The predicted octanol–water partition coefficient (Wildman–Crippen LogP) is 5.71. The van der Waals surface area contributed by atoms with Gasteiger partial charge in [-0.25, -0.2) is 9.79 Å². The first-order valence-electron chi connectivity index (χ1n) is 13.0. The molecule has 1 N–H and O–H groups in total. The van der Waals surface area contributed by atoms with E-state index in [-0.39, 0.29) is 23.8 Å². The maximum absolute atomic E-state index is 13.5. The monoisotopic (exact) mass is 615 g/mol. The van der Waals surface area contributed by atoms with Gasteiger partial charge in [-0.15, -0.1) is 0 Å². The number of alkyl halides is 3. The molecule has 1 saturated heterocycles. The van der Waals surface area contributed by atoms with Crippen LogP contribution in [0.1, 0.15) is 27.9 Å². The molecule has 0 aliphatic carbocycles. The largest absolute Gasteiger partial charge is 0.493 e. The molecule has 9 nitrogen and oxygen atoms in total. The number of thioether (sulfide) groups is 1. The van der Waals surface area contributed by atoms with Crippen LogP contribution >= 0.6 is 11.8 Å². The highest BCUT2D eigenvalue weighted by atomic mass is 32.2. The van der Waals surface area contributed by atoms with Gasteiger partial charge in [0.25, 0.3) is 0 Å². The van der Waals surface area contributed by atoms with Gasteiger partial charge >= 0.3 is 12.1 Å². The quantitative estimate of drug-likeness (QED) is 0.291. The number of nitrogens with zero attached hydrogens (tertiary/aromatic N) is 2. The summed E-state index contributed by atoms with van der Waals surface area (Å²) in [6.07, 6.45) is -4.39. The highest BCUT2D eigenvalue weighted by Crippen LogP contribution is 2.35. The Morgan fingerprint density at radius 2 is 1.70 bits per heavy atom. The summed E-state index contributed by atoms with van der Waals surface area (Å²) < 4.78 is 55.2. The molecule has 3 aromatic carbocycles. The van der Waals surface area contributed by atoms with Crippen molar-refractivity contribution in [3.8, 4) is 11.5 Å². The summed E-state index contributed by atoms with van der Waals surface area (Å²) >= 11 is 1.01. The molecule has 1 fully saturated rings. The van der Waals surface area contributed by atoms with Gasteiger partial charge in [-0.05, 0) is 66.6 Å². The number of anilines is 1. The Balaban J connectivity index is 1.54. The van der Waals surface area contributed by atoms with Crippen LogP contribution in [0.4, 0.5) is 24.5 Å². The minimum absolute atomic E-state index is 0.0250. The SMILES string of the molecule is COC(=O)c1ccc(NC(=O)C[C@H]2SC(=Nc3cccc(C(F)(F)F)c3)N(CCc3ccc(OC)c(OC)c3)C2=O)cc1. The van der Waals surface area contributed by atoms with Crippen LogP contribution in [0.5, 0.6) is 11.5 Å². The van der Waals surface area contributed by atoms with Crippen molar-refractivity contribution in [1.29, 1.82) is 0 Å². The molecule has 0 radical (unpaired) electrons. The lowest BCUT2D eigenvalue weighted by molar-refractivity contribution is -0.137. The zero-order valence-corrected chi connectivity index (χ0v) is 24.3. The van der Waals surface area contributed by atoms with E-state index in [4.69, 9.17) is 9.47 Å². The Morgan fingerprint density at radius 1 is 0.977 bits per heavy atom. The van der Waals surface area contributed by atoms with Gasteiger partial charge in [0.2, 0.25) is 11.8 Å². The van der Waals surface area contributed by atoms with Crippen LogP contribution in [0.15, 0.2) is 71.7 Å². The maximum atomic E-state index is 13.5. The number of esters is 1. The van der Waals surface area contributed by atoms with Crippen molar-refractivity contribution in [2.24, 2.45) is 4.99 Å². The number of hydrogen-bond acceptors (Lipinski definition) is 8. The fourth-order valence-electron chi connectivity index (χ4n) is 4.26. The average molecular weight is 616 g/mol. The number of rotatable bonds is 10. The topological polar surface area (TPSA) is 107 Å². The first-order chi connectivity index (χ1) is 20.5. The van der Waals surface area contributed by atoms with Crippen LogP contribution in [0.2, 0.25) is 0 Å². The van der Waals surface area contributed by atoms with Gasteiger partial charge in [-0.2, -0.15) is 13.2 Å². The second-order valence-corrected chi connectivity index (χ2v) is 10.5. The third-order valence-electron chi connectivity index (χ3n) is 6.45. The summed E-state index contributed by atoms with van der Waals surface area (Å²) in [5.74, 6) is -0.332. The van der Waals surface area contributed by atoms with E-state index in [1.165, 1.54) is 62.6 Å². The second kappa shape index (κ2) is 13.6. The molecule has 1 heterocycles. The molecule has 0 aromatic heterocycles. The van der Waals surface area contributed by atoms with Gasteiger partial charge in [-0.1, -0.05) is 23.9 Å². The van der Waals surface area contributed by atoms with Crippen LogP contribution in [-0.4, -0.2) is 61.0 Å². The molecule has 13 heteroatoms. The van der Waals surface area contributed by atoms with Gasteiger partial charge in [0, 0.05) is 18.7 Å². The Kier molecular flexibility index (Phi) is 9.96. The van der Waals surface area contributed by atoms with Crippen LogP contribution in [0.25, 0.3) is 0 Å². The van der Waals surface area contributed by atoms with E-state index in [0.29, 0.717) is 29.2 Å². The number of ether oxygens (including phenoxy) is 3. The standard InChI is InChI=1S/C30H28F3N3O6S/c1-40-23-12-7-18(15-24(23)41-2)13-14-36-27(38)25(17-26(37)34-21-10-8-19(9-11-21)28(39)42-3)43-29(36)35-22-6-4-5-20(16-22)30(31,32)33/h4-12,15-16,25H,13-14,17H2,1-3H3,(H,34,37)/t25-/m1/s1. The van der Waals surface area contributed by atoms with E-state index in [1.807, 2.05) is 6.07 Å². The summed E-state index contributed by atoms with van der Waals surface area (Å²) in [5.41, 5.74) is 0.705. The molecular formula is C30H28F3N3O6S. The number of amides is 2. The average Bonchev–Trinajstić information content (AvgIpc) is 3.28. The summed E-state index contributed by atoms with van der Waals surface area (Å²) in [6, 6.07) is 15.9. The summed E-state index contributed by atoms with van der Waals surface area (Å²) in [6.45, 7) is 0.159. The van der Waals surface area contributed by atoms with Gasteiger partial charge in [0.1, 0.15) is 5.25 Å². The smallest absolute Gasteiger partial charge is 0.416 e. The van der Waals surface area contributed by atoms with E-state index in [1.54, 1.807) is 12.1 Å². The van der Waals surface area contributed by atoms with Gasteiger partial charge in [-0.3, -0.25) is 14.5 Å².